The summed E-state index contributed by atoms with van der Waals surface area (Å²) in [5.41, 5.74) is 0.446. The molecular formula is C14H17FN2O3. The third-order valence-electron chi connectivity index (χ3n) is 3.68. The van der Waals surface area contributed by atoms with Gasteiger partial charge in [-0.3, -0.25) is 9.69 Å². The summed E-state index contributed by atoms with van der Waals surface area (Å²) in [6, 6.07) is 5.42. The molecule has 1 aliphatic heterocycles. The Morgan fingerprint density at radius 3 is 2.65 bits per heavy atom. The number of urea groups is 1. The number of hydrogen-bond donors (Lipinski definition) is 1. The first-order valence-electron chi connectivity index (χ1n) is 6.41. The van der Waals surface area contributed by atoms with Gasteiger partial charge in [0, 0.05) is 25.8 Å². The van der Waals surface area contributed by atoms with E-state index in [1.807, 2.05) is 6.92 Å². The summed E-state index contributed by atoms with van der Waals surface area (Å²) in [6.45, 7) is 2.40. The molecule has 1 aromatic carbocycles. The van der Waals surface area contributed by atoms with Gasteiger partial charge in [-0.2, -0.15) is 0 Å². The maximum absolute atomic E-state index is 13.2. The fraction of sp³-hybridized carbons (Fsp3) is 0.429. The molecule has 1 N–H and O–H groups in total. The van der Waals surface area contributed by atoms with Gasteiger partial charge in [0.15, 0.2) is 0 Å². The maximum atomic E-state index is 13.2. The van der Waals surface area contributed by atoms with E-state index in [2.05, 4.69) is 0 Å². The van der Waals surface area contributed by atoms with Crippen LogP contribution < -0.4 is 4.90 Å². The van der Waals surface area contributed by atoms with Crippen molar-refractivity contribution in [2.45, 2.75) is 6.92 Å². The van der Waals surface area contributed by atoms with E-state index in [1.54, 1.807) is 13.1 Å². The number of hydrogen-bond acceptors (Lipinski definition) is 2. The SMILES string of the molecule is C[C@@H]1CN(C(=O)N(C)c2cccc(F)c2)C[C@H]1C(=O)O. The number of rotatable bonds is 2. The summed E-state index contributed by atoms with van der Waals surface area (Å²) in [6.07, 6.45) is 0. The second-order valence-electron chi connectivity index (χ2n) is 5.15. The quantitative estimate of drug-likeness (QED) is 0.901. The van der Waals surface area contributed by atoms with Crippen LogP contribution in [0.1, 0.15) is 6.92 Å². The van der Waals surface area contributed by atoms with E-state index in [-0.39, 0.29) is 18.5 Å². The van der Waals surface area contributed by atoms with Crippen LogP contribution in [0.15, 0.2) is 24.3 Å². The minimum absolute atomic E-state index is 0.0858. The highest BCUT2D eigenvalue weighted by Gasteiger charge is 2.38. The minimum Gasteiger partial charge on any atom is -0.481 e. The Morgan fingerprint density at radius 1 is 1.40 bits per heavy atom. The molecule has 1 aromatic rings. The number of nitrogens with zero attached hydrogens (tertiary/aromatic N) is 2. The lowest BCUT2D eigenvalue weighted by atomic mass is 9.99. The van der Waals surface area contributed by atoms with Crippen LogP contribution in [0.2, 0.25) is 0 Å². The van der Waals surface area contributed by atoms with Crippen molar-refractivity contribution < 1.29 is 19.1 Å². The highest BCUT2D eigenvalue weighted by molar-refractivity contribution is 5.92. The molecule has 108 valence electrons. The second kappa shape index (κ2) is 5.48. The largest absolute Gasteiger partial charge is 0.481 e. The predicted molar refractivity (Wildman–Crippen MR) is 72.1 cm³/mol. The van der Waals surface area contributed by atoms with Gasteiger partial charge in [0.1, 0.15) is 5.82 Å². The van der Waals surface area contributed by atoms with Crippen LogP contribution in [0.4, 0.5) is 14.9 Å². The van der Waals surface area contributed by atoms with Gasteiger partial charge < -0.3 is 10.0 Å². The summed E-state index contributed by atoms with van der Waals surface area (Å²) in [5, 5.41) is 9.07. The summed E-state index contributed by atoms with van der Waals surface area (Å²) in [7, 11) is 1.55. The summed E-state index contributed by atoms with van der Waals surface area (Å²) in [4.78, 5) is 26.2. The molecule has 1 saturated heterocycles. The fourth-order valence-corrected chi connectivity index (χ4v) is 2.45. The first-order chi connectivity index (χ1) is 9.40. The van der Waals surface area contributed by atoms with Crippen molar-refractivity contribution in [3.05, 3.63) is 30.1 Å². The lowest BCUT2D eigenvalue weighted by molar-refractivity contribution is -0.142. The molecule has 0 unspecified atom stereocenters. The third kappa shape index (κ3) is 2.74. The Hall–Kier alpha value is -2.11. The Labute approximate surface area is 116 Å². The zero-order valence-electron chi connectivity index (χ0n) is 11.4. The van der Waals surface area contributed by atoms with Gasteiger partial charge in [-0.05, 0) is 24.1 Å². The number of aliphatic carboxylic acids is 1. The fourth-order valence-electron chi connectivity index (χ4n) is 2.45. The van der Waals surface area contributed by atoms with Crippen LogP contribution in [0.5, 0.6) is 0 Å². The van der Waals surface area contributed by atoms with Crippen molar-refractivity contribution in [1.82, 2.24) is 4.90 Å². The van der Waals surface area contributed by atoms with Gasteiger partial charge in [-0.15, -0.1) is 0 Å². The smallest absolute Gasteiger partial charge is 0.324 e. The van der Waals surface area contributed by atoms with Crippen LogP contribution in [0, 0.1) is 17.7 Å². The lowest BCUT2D eigenvalue weighted by Gasteiger charge is -2.24. The number of likely N-dealkylation sites (tertiary alicyclic amines) is 1. The van der Waals surface area contributed by atoms with Gasteiger partial charge in [0.05, 0.1) is 5.92 Å². The van der Waals surface area contributed by atoms with E-state index >= 15 is 0 Å². The number of carbonyl (C=O) groups excluding carboxylic acids is 1. The first-order valence-corrected chi connectivity index (χ1v) is 6.41. The van der Waals surface area contributed by atoms with Crippen molar-refractivity contribution in [3.63, 3.8) is 0 Å². The molecule has 2 amide bonds. The highest BCUT2D eigenvalue weighted by atomic mass is 19.1. The van der Waals surface area contributed by atoms with E-state index in [0.29, 0.717) is 12.2 Å². The van der Waals surface area contributed by atoms with E-state index < -0.39 is 17.7 Å². The van der Waals surface area contributed by atoms with Crippen LogP contribution in [-0.2, 0) is 4.79 Å². The Balaban J connectivity index is 2.10. The first kappa shape index (κ1) is 14.3. The van der Waals surface area contributed by atoms with Crippen LogP contribution in [0.3, 0.4) is 0 Å². The van der Waals surface area contributed by atoms with Crippen molar-refractivity contribution in [3.8, 4) is 0 Å². The Morgan fingerprint density at radius 2 is 2.10 bits per heavy atom. The average molecular weight is 280 g/mol. The zero-order valence-corrected chi connectivity index (χ0v) is 11.4. The standard InChI is InChI=1S/C14H17FN2O3/c1-9-7-17(8-12(9)13(18)19)14(20)16(2)11-5-3-4-10(15)6-11/h3-6,9,12H,7-8H2,1-2H3,(H,18,19)/t9-,12-/m1/s1. The monoisotopic (exact) mass is 280 g/mol. The third-order valence-corrected chi connectivity index (χ3v) is 3.68. The summed E-state index contributed by atoms with van der Waals surface area (Å²) in [5.74, 6) is -1.93. The molecule has 5 nitrogen and oxygen atoms in total. The van der Waals surface area contributed by atoms with Gasteiger partial charge in [0.2, 0.25) is 0 Å². The molecule has 1 heterocycles. The van der Waals surface area contributed by atoms with Crippen molar-refractivity contribution in [2.24, 2.45) is 11.8 Å². The minimum atomic E-state index is -0.888. The van der Waals surface area contributed by atoms with E-state index in [4.69, 9.17) is 5.11 Å². The molecule has 1 aliphatic rings. The Kier molecular flexibility index (Phi) is 3.92. The van der Waals surface area contributed by atoms with Crippen LogP contribution in [0.25, 0.3) is 0 Å². The summed E-state index contributed by atoms with van der Waals surface area (Å²) >= 11 is 0. The van der Waals surface area contributed by atoms with Crippen LogP contribution >= 0.6 is 0 Å². The molecule has 0 spiro atoms. The van der Waals surface area contributed by atoms with Gasteiger partial charge >= 0.3 is 12.0 Å². The molecule has 2 atom stereocenters. The maximum Gasteiger partial charge on any atom is 0.324 e. The number of carboxylic acid groups (broad SMARTS) is 1. The number of halogens is 1. The van der Waals surface area contributed by atoms with Crippen molar-refractivity contribution in [2.75, 3.05) is 25.0 Å². The molecule has 20 heavy (non-hydrogen) atoms. The van der Waals surface area contributed by atoms with E-state index in [9.17, 15) is 14.0 Å². The number of carboxylic acids is 1. The molecule has 0 bridgehead atoms. The molecule has 0 radical (unpaired) electrons. The number of amides is 2. The summed E-state index contributed by atoms with van der Waals surface area (Å²) < 4.78 is 13.2. The molecule has 1 fully saturated rings. The molecule has 0 aliphatic carbocycles. The molecule has 0 aromatic heterocycles. The second-order valence-corrected chi connectivity index (χ2v) is 5.15. The van der Waals surface area contributed by atoms with Gasteiger partial charge in [-0.25, -0.2) is 9.18 Å². The molecular weight excluding hydrogens is 263 g/mol. The topological polar surface area (TPSA) is 60.9 Å². The number of carbonyl (C=O) groups is 2. The number of anilines is 1. The van der Waals surface area contributed by atoms with Crippen molar-refractivity contribution in [1.29, 1.82) is 0 Å². The van der Waals surface area contributed by atoms with Gasteiger partial charge in [-0.1, -0.05) is 13.0 Å². The molecule has 6 heteroatoms. The average Bonchev–Trinajstić information content (AvgIpc) is 2.79. The molecule has 2 rings (SSSR count). The number of benzene rings is 1. The Bertz CT molecular complexity index is 535. The van der Waals surface area contributed by atoms with Gasteiger partial charge in [0.25, 0.3) is 0 Å². The normalized spacial score (nSPS) is 21.9. The zero-order chi connectivity index (χ0) is 14.9. The van der Waals surface area contributed by atoms with E-state index in [1.165, 1.54) is 28.0 Å². The highest BCUT2D eigenvalue weighted by Crippen LogP contribution is 2.25. The predicted octanol–water partition coefficient (Wildman–Crippen LogP) is 2.03. The van der Waals surface area contributed by atoms with Crippen molar-refractivity contribution >= 4 is 17.7 Å². The van der Waals surface area contributed by atoms with Crippen LogP contribution in [-0.4, -0.2) is 42.1 Å². The lowest BCUT2D eigenvalue weighted by Crippen LogP contribution is -2.40. The van der Waals surface area contributed by atoms with E-state index in [0.717, 1.165) is 0 Å². The molecule has 0 saturated carbocycles.